The van der Waals surface area contributed by atoms with Gasteiger partial charge in [-0.1, -0.05) is 6.07 Å². The number of rotatable bonds is 5. The number of hydrogen-bond donors (Lipinski definition) is 0. The second kappa shape index (κ2) is 8.90. The molecule has 0 saturated carbocycles. The Hall–Kier alpha value is -2.54. The Morgan fingerprint density at radius 3 is 2.81 bits per heavy atom. The maximum Gasteiger partial charge on any atom is 0.219 e. The van der Waals surface area contributed by atoms with E-state index in [0.717, 1.165) is 50.7 Å². The van der Waals surface area contributed by atoms with Crippen LogP contribution in [0.2, 0.25) is 0 Å². The molecule has 0 N–H and O–H groups in total. The molecule has 1 saturated heterocycles. The Kier molecular flexibility index (Phi) is 6.34. The molecule has 7 nitrogen and oxygen atoms in total. The predicted molar refractivity (Wildman–Crippen MR) is 105 cm³/mol. The van der Waals surface area contributed by atoms with Gasteiger partial charge in [-0.3, -0.25) is 14.7 Å². The number of carbonyl (C=O) groups excluding carboxylic acids is 1. The van der Waals surface area contributed by atoms with Gasteiger partial charge in [-0.2, -0.15) is 0 Å². The Labute approximate surface area is 161 Å². The van der Waals surface area contributed by atoms with Gasteiger partial charge >= 0.3 is 0 Å². The first-order valence-corrected chi connectivity index (χ1v) is 9.36. The van der Waals surface area contributed by atoms with E-state index in [2.05, 4.69) is 25.9 Å². The first kappa shape index (κ1) is 19.2. The van der Waals surface area contributed by atoms with Crippen LogP contribution in [0.25, 0.3) is 0 Å². The van der Waals surface area contributed by atoms with E-state index < -0.39 is 0 Å². The van der Waals surface area contributed by atoms with Gasteiger partial charge in [0.05, 0.1) is 0 Å². The molecule has 1 atom stereocenters. The number of pyridine rings is 1. The largest absolute Gasteiger partial charge is 0.363 e. The zero-order chi connectivity index (χ0) is 19.2. The van der Waals surface area contributed by atoms with Crippen LogP contribution >= 0.6 is 0 Å². The van der Waals surface area contributed by atoms with Gasteiger partial charge in [0, 0.05) is 77.9 Å². The number of nitrogens with zero attached hydrogens (tertiary/aromatic N) is 6. The number of anilines is 1. The van der Waals surface area contributed by atoms with Crippen molar-refractivity contribution in [1.82, 2.24) is 24.8 Å². The molecule has 3 heterocycles. The molecule has 0 unspecified atom stereocenters. The van der Waals surface area contributed by atoms with Crippen molar-refractivity contribution in [3.63, 3.8) is 0 Å². The number of carbonyl (C=O) groups is 1. The Bertz CT molecular complexity index is 751. The maximum atomic E-state index is 12.0. The van der Waals surface area contributed by atoms with Crippen LogP contribution in [0, 0.1) is 5.92 Å². The quantitative estimate of drug-likeness (QED) is 0.796. The van der Waals surface area contributed by atoms with E-state index in [-0.39, 0.29) is 5.91 Å². The standard InChI is InChI=1S/C20H28N6O/c1-16(27)26-8-7-25(12-17-5-4-6-21-11-17)13-18(14-26)9-19-10-20(24(2)3)23-15-22-19/h4-6,10-11,15,18H,7-9,12-14H2,1-3H3/t18-/m0/s1. The molecule has 2 aromatic rings. The van der Waals surface area contributed by atoms with Gasteiger partial charge in [0.15, 0.2) is 0 Å². The zero-order valence-corrected chi connectivity index (χ0v) is 16.4. The molecule has 144 valence electrons. The summed E-state index contributed by atoms with van der Waals surface area (Å²) < 4.78 is 0. The van der Waals surface area contributed by atoms with Crippen molar-refractivity contribution in [1.29, 1.82) is 0 Å². The summed E-state index contributed by atoms with van der Waals surface area (Å²) in [6, 6.07) is 6.11. The molecule has 0 radical (unpaired) electrons. The molecule has 0 aromatic carbocycles. The molecule has 27 heavy (non-hydrogen) atoms. The highest BCUT2D eigenvalue weighted by Gasteiger charge is 2.25. The van der Waals surface area contributed by atoms with Crippen LogP contribution in [0.15, 0.2) is 36.9 Å². The molecular formula is C20H28N6O. The molecule has 0 bridgehead atoms. The smallest absolute Gasteiger partial charge is 0.219 e. The highest BCUT2D eigenvalue weighted by Crippen LogP contribution is 2.18. The summed E-state index contributed by atoms with van der Waals surface area (Å²) in [5, 5.41) is 0. The fourth-order valence-electron chi connectivity index (χ4n) is 3.53. The molecular weight excluding hydrogens is 340 g/mol. The number of hydrogen-bond acceptors (Lipinski definition) is 6. The van der Waals surface area contributed by atoms with Gasteiger partial charge < -0.3 is 9.80 Å². The Balaban J connectivity index is 1.74. The molecule has 0 spiro atoms. The van der Waals surface area contributed by atoms with Crippen molar-refractivity contribution in [2.75, 3.05) is 45.2 Å². The van der Waals surface area contributed by atoms with Crippen LogP contribution in [0.5, 0.6) is 0 Å². The summed E-state index contributed by atoms with van der Waals surface area (Å²) in [7, 11) is 3.95. The van der Waals surface area contributed by atoms with E-state index in [1.165, 1.54) is 5.56 Å². The topological polar surface area (TPSA) is 65.5 Å². The minimum absolute atomic E-state index is 0.139. The first-order valence-electron chi connectivity index (χ1n) is 9.36. The SMILES string of the molecule is CC(=O)N1CCN(Cc2cccnc2)C[C@H](Cc2cc(N(C)C)ncn2)C1. The van der Waals surface area contributed by atoms with Crippen molar-refractivity contribution < 1.29 is 4.79 Å². The summed E-state index contributed by atoms with van der Waals surface area (Å²) in [4.78, 5) is 31.3. The third-order valence-electron chi connectivity index (χ3n) is 4.92. The van der Waals surface area contributed by atoms with Gasteiger partial charge in [-0.15, -0.1) is 0 Å². The second-order valence-electron chi connectivity index (χ2n) is 7.39. The van der Waals surface area contributed by atoms with Gasteiger partial charge in [-0.25, -0.2) is 9.97 Å². The molecule has 1 aliphatic heterocycles. The Morgan fingerprint density at radius 2 is 2.11 bits per heavy atom. The Morgan fingerprint density at radius 1 is 1.26 bits per heavy atom. The lowest BCUT2D eigenvalue weighted by atomic mass is 10.0. The summed E-state index contributed by atoms with van der Waals surface area (Å²) in [6.07, 6.45) is 6.16. The normalized spacial score (nSPS) is 18.2. The predicted octanol–water partition coefficient (Wildman–Crippen LogP) is 1.46. The third kappa shape index (κ3) is 5.47. The zero-order valence-electron chi connectivity index (χ0n) is 16.4. The lowest BCUT2D eigenvalue weighted by Crippen LogP contribution is -2.34. The van der Waals surface area contributed by atoms with Crippen LogP contribution in [-0.2, 0) is 17.8 Å². The average Bonchev–Trinajstić information content (AvgIpc) is 2.85. The van der Waals surface area contributed by atoms with Crippen LogP contribution < -0.4 is 4.90 Å². The average molecular weight is 368 g/mol. The van der Waals surface area contributed by atoms with Gasteiger partial charge in [0.2, 0.25) is 5.91 Å². The minimum atomic E-state index is 0.139. The second-order valence-corrected chi connectivity index (χ2v) is 7.39. The van der Waals surface area contributed by atoms with Crippen LogP contribution in [-0.4, -0.2) is 70.9 Å². The van der Waals surface area contributed by atoms with E-state index in [1.54, 1.807) is 19.4 Å². The van der Waals surface area contributed by atoms with Crippen LogP contribution in [0.4, 0.5) is 5.82 Å². The van der Waals surface area contributed by atoms with Crippen molar-refractivity contribution in [2.45, 2.75) is 19.9 Å². The minimum Gasteiger partial charge on any atom is -0.363 e. The van der Waals surface area contributed by atoms with E-state index in [9.17, 15) is 4.79 Å². The fraction of sp³-hybridized carbons (Fsp3) is 0.500. The molecule has 1 fully saturated rings. The van der Waals surface area contributed by atoms with Crippen molar-refractivity contribution in [3.8, 4) is 0 Å². The molecule has 7 heteroatoms. The van der Waals surface area contributed by atoms with Gasteiger partial charge in [-0.05, 0) is 24.0 Å². The van der Waals surface area contributed by atoms with E-state index in [0.29, 0.717) is 5.92 Å². The maximum absolute atomic E-state index is 12.0. The molecule has 1 amide bonds. The summed E-state index contributed by atoms with van der Waals surface area (Å²) in [5.41, 5.74) is 2.22. The number of amides is 1. The summed E-state index contributed by atoms with van der Waals surface area (Å²) in [5.74, 6) is 1.38. The highest BCUT2D eigenvalue weighted by molar-refractivity contribution is 5.73. The molecule has 2 aromatic heterocycles. The molecule has 1 aliphatic rings. The third-order valence-corrected chi connectivity index (χ3v) is 4.92. The van der Waals surface area contributed by atoms with Crippen molar-refractivity contribution >= 4 is 11.7 Å². The van der Waals surface area contributed by atoms with Gasteiger partial charge in [0.1, 0.15) is 12.1 Å². The summed E-state index contributed by atoms with van der Waals surface area (Å²) in [6.45, 7) is 5.84. The van der Waals surface area contributed by atoms with Crippen molar-refractivity contribution in [3.05, 3.63) is 48.2 Å². The van der Waals surface area contributed by atoms with Crippen LogP contribution in [0.1, 0.15) is 18.2 Å². The monoisotopic (exact) mass is 368 g/mol. The summed E-state index contributed by atoms with van der Waals surface area (Å²) >= 11 is 0. The molecule has 3 rings (SSSR count). The molecule has 0 aliphatic carbocycles. The first-order chi connectivity index (χ1) is 13.0. The van der Waals surface area contributed by atoms with Crippen LogP contribution in [0.3, 0.4) is 0 Å². The van der Waals surface area contributed by atoms with Gasteiger partial charge in [0.25, 0.3) is 0 Å². The number of aromatic nitrogens is 3. The lowest BCUT2D eigenvalue weighted by molar-refractivity contribution is -0.129. The van der Waals surface area contributed by atoms with E-state index in [1.807, 2.05) is 42.2 Å². The van der Waals surface area contributed by atoms with Crippen molar-refractivity contribution in [2.24, 2.45) is 5.92 Å². The van der Waals surface area contributed by atoms with E-state index in [4.69, 9.17) is 0 Å². The lowest BCUT2D eigenvalue weighted by Gasteiger charge is -2.24. The highest BCUT2D eigenvalue weighted by atomic mass is 16.2. The van der Waals surface area contributed by atoms with E-state index >= 15 is 0 Å². The fourth-order valence-corrected chi connectivity index (χ4v) is 3.53.